The molecule has 17 heavy (non-hydrogen) atoms. The third kappa shape index (κ3) is 2.63. The lowest BCUT2D eigenvalue weighted by atomic mass is 9.95. The molecule has 0 aromatic carbocycles. The highest BCUT2D eigenvalue weighted by Crippen LogP contribution is 2.35. The number of thioether (sulfide) groups is 1. The summed E-state index contributed by atoms with van der Waals surface area (Å²) in [7, 11) is 0. The molecule has 2 heterocycles. The second-order valence-electron chi connectivity index (χ2n) is 5.52. The van der Waals surface area contributed by atoms with Gasteiger partial charge in [-0.2, -0.15) is 11.8 Å². The molecule has 3 fully saturated rings. The highest BCUT2D eigenvalue weighted by atomic mass is 32.2. The number of piperidine rings is 1. The molecule has 3 aliphatic rings. The fourth-order valence-corrected chi connectivity index (χ4v) is 4.24. The van der Waals surface area contributed by atoms with Crippen molar-refractivity contribution in [1.29, 1.82) is 0 Å². The third-order valence-electron chi connectivity index (χ3n) is 4.18. The van der Waals surface area contributed by atoms with Crippen molar-refractivity contribution < 1.29 is 4.79 Å². The number of hydrogen-bond acceptors (Lipinski definition) is 3. The Morgan fingerprint density at radius 2 is 1.82 bits per heavy atom. The summed E-state index contributed by atoms with van der Waals surface area (Å²) in [6.07, 6.45) is 5.80. The topological polar surface area (TPSA) is 32.3 Å². The van der Waals surface area contributed by atoms with Gasteiger partial charge >= 0.3 is 0 Å². The molecule has 0 aromatic rings. The van der Waals surface area contributed by atoms with Crippen molar-refractivity contribution in [2.24, 2.45) is 5.92 Å². The van der Waals surface area contributed by atoms with Crippen molar-refractivity contribution in [2.75, 3.05) is 24.6 Å². The summed E-state index contributed by atoms with van der Waals surface area (Å²) < 4.78 is 0. The quantitative estimate of drug-likeness (QED) is 0.828. The van der Waals surface area contributed by atoms with Gasteiger partial charge in [-0.25, -0.2) is 0 Å². The maximum absolute atomic E-state index is 12.7. The Kier molecular flexibility index (Phi) is 3.61. The molecule has 0 bridgehead atoms. The van der Waals surface area contributed by atoms with Gasteiger partial charge in [-0.15, -0.1) is 0 Å². The van der Waals surface area contributed by atoms with Crippen molar-refractivity contribution in [3.05, 3.63) is 0 Å². The van der Waals surface area contributed by atoms with Crippen molar-refractivity contribution in [2.45, 2.75) is 44.2 Å². The monoisotopic (exact) mass is 254 g/mol. The summed E-state index contributed by atoms with van der Waals surface area (Å²) in [4.78, 5) is 14.9. The summed E-state index contributed by atoms with van der Waals surface area (Å²) in [5, 5.41) is 3.35. The fourth-order valence-electron chi connectivity index (χ4n) is 3.03. The first-order valence-electron chi connectivity index (χ1n) is 6.97. The molecule has 1 atom stereocenters. The molecule has 2 saturated heterocycles. The minimum absolute atomic E-state index is 0.308. The number of rotatable bonds is 3. The zero-order valence-corrected chi connectivity index (χ0v) is 11.2. The first-order chi connectivity index (χ1) is 8.36. The van der Waals surface area contributed by atoms with Crippen LogP contribution in [0.15, 0.2) is 0 Å². The summed E-state index contributed by atoms with van der Waals surface area (Å²) in [6.45, 7) is 2.04. The van der Waals surface area contributed by atoms with Gasteiger partial charge in [-0.1, -0.05) is 0 Å². The van der Waals surface area contributed by atoms with Crippen LogP contribution in [0, 0.1) is 5.92 Å². The molecular formula is C13H22N2OS. The van der Waals surface area contributed by atoms with Crippen molar-refractivity contribution in [1.82, 2.24) is 10.2 Å². The second-order valence-corrected chi connectivity index (χ2v) is 6.67. The summed E-state index contributed by atoms with van der Waals surface area (Å²) in [6, 6.07) is 1.15. The summed E-state index contributed by atoms with van der Waals surface area (Å²) >= 11 is 2.01. The van der Waals surface area contributed by atoms with Gasteiger partial charge in [0.05, 0.1) is 0 Å². The lowest BCUT2D eigenvalue weighted by Gasteiger charge is -2.33. The average Bonchev–Trinajstić information content (AvgIpc) is 3.05. The van der Waals surface area contributed by atoms with E-state index in [1.807, 2.05) is 11.8 Å². The van der Waals surface area contributed by atoms with Gasteiger partial charge in [0, 0.05) is 23.8 Å². The van der Waals surface area contributed by atoms with Gasteiger partial charge in [0.25, 0.3) is 0 Å². The molecule has 0 spiro atoms. The Hall–Kier alpha value is -0.220. The van der Waals surface area contributed by atoms with Gasteiger partial charge < -0.3 is 10.2 Å². The highest BCUT2D eigenvalue weighted by Gasteiger charge is 2.40. The van der Waals surface area contributed by atoms with E-state index in [0.29, 0.717) is 23.9 Å². The molecule has 4 heteroatoms. The Morgan fingerprint density at radius 3 is 2.41 bits per heavy atom. The molecule has 0 aromatic heterocycles. The van der Waals surface area contributed by atoms with E-state index in [1.165, 1.54) is 30.8 Å². The lowest BCUT2D eigenvalue weighted by Crippen LogP contribution is -2.47. The van der Waals surface area contributed by atoms with E-state index in [0.717, 1.165) is 25.9 Å². The molecule has 3 rings (SSSR count). The number of nitrogens with one attached hydrogen (secondary N) is 1. The van der Waals surface area contributed by atoms with E-state index < -0.39 is 0 Å². The van der Waals surface area contributed by atoms with Gasteiger partial charge in [-0.05, 0) is 50.9 Å². The second kappa shape index (κ2) is 5.19. The standard InChI is InChI=1S/C13H22N2OS/c16-13(10-3-6-14-7-4-10)15(11-1-2-11)12-5-8-17-9-12/h10-12,14H,1-9H2/t12-/m1/s1. The van der Waals surface area contributed by atoms with E-state index in [1.54, 1.807) is 0 Å². The number of nitrogens with zero attached hydrogens (tertiary/aromatic N) is 1. The van der Waals surface area contributed by atoms with Gasteiger partial charge in [-0.3, -0.25) is 4.79 Å². The van der Waals surface area contributed by atoms with E-state index >= 15 is 0 Å². The van der Waals surface area contributed by atoms with Crippen LogP contribution in [0.1, 0.15) is 32.1 Å². The predicted molar refractivity (Wildman–Crippen MR) is 71.2 cm³/mol. The number of carbonyl (C=O) groups excluding carboxylic acids is 1. The van der Waals surface area contributed by atoms with Crippen LogP contribution in [0.3, 0.4) is 0 Å². The number of hydrogen-bond donors (Lipinski definition) is 1. The Morgan fingerprint density at radius 1 is 1.06 bits per heavy atom. The predicted octanol–water partition coefficient (Wildman–Crippen LogP) is 1.48. The number of amides is 1. The van der Waals surface area contributed by atoms with Crippen molar-refractivity contribution in [3.63, 3.8) is 0 Å². The van der Waals surface area contributed by atoms with E-state index in [4.69, 9.17) is 0 Å². The molecular weight excluding hydrogens is 232 g/mol. The van der Waals surface area contributed by atoms with Crippen molar-refractivity contribution >= 4 is 17.7 Å². The van der Waals surface area contributed by atoms with Crippen LogP contribution in [0.5, 0.6) is 0 Å². The molecule has 1 amide bonds. The van der Waals surface area contributed by atoms with Crippen LogP contribution in [-0.2, 0) is 4.79 Å². The number of carbonyl (C=O) groups is 1. The minimum atomic E-state index is 0.308. The maximum Gasteiger partial charge on any atom is 0.226 e. The van der Waals surface area contributed by atoms with Crippen LogP contribution in [-0.4, -0.2) is 47.5 Å². The van der Waals surface area contributed by atoms with Crippen molar-refractivity contribution in [3.8, 4) is 0 Å². The van der Waals surface area contributed by atoms with Crippen LogP contribution in [0.2, 0.25) is 0 Å². The molecule has 1 aliphatic carbocycles. The van der Waals surface area contributed by atoms with E-state index in [9.17, 15) is 4.79 Å². The maximum atomic E-state index is 12.7. The minimum Gasteiger partial charge on any atom is -0.336 e. The highest BCUT2D eigenvalue weighted by molar-refractivity contribution is 7.99. The van der Waals surface area contributed by atoms with E-state index in [2.05, 4.69) is 10.2 Å². The summed E-state index contributed by atoms with van der Waals surface area (Å²) in [5.41, 5.74) is 0. The van der Waals surface area contributed by atoms with Crippen LogP contribution < -0.4 is 5.32 Å². The first kappa shape index (κ1) is 11.8. The molecule has 3 nitrogen and oxygen atoms in total. The zero-order chi connectivity index (χ0) is 11.7. The molecule has 0 unspecified atom stereocenters. The lowest BCUT2D eigenvalue weighted by molar-refractivity contribution is -0.139. The molecule has 1 N–H and O–H groups in total. The Labute approximate surface area is 108 Å². The average molecular weight is 254 g/mol. The van der Waals surface area contributed by atoms with Crippen LogP contribution in [0.4, 0.5) is 0 Å². The van der Waals surface area contributed by atoms with Gasteiger partial charge in [0.1, 0.15) is 0 Å². The zero-order valence-electron chi connectivity index (χ0n) is 10.4. The molecule has 96 valence electrons. The fraction of sp³-hybridized carbons (Fsp3) is 0.923. The smallest absolute Gasteiger partial charge is 0.226 e. The third-order valence-corrected chi connectivity index (χ3v) is 5.33. The molecule has 2 aliphatic heterocycles. The van der Waals surface area contributed by atoms with Crippen LogP contribution >= 0.6 is 11.8 Å². The normalized spacial score (nSPS) is 30.5. The first-order valence-corrected chi connectivity index (χ1v) is 8.12. The van der Waals surface area contributed by atoms with Gasteiger partial charge in [0.2, 0.25) is 5.91 Å². The molecule has 1 saturated carbocycles. The molecule has 0 radical (unpaired) electrons. The SMILES string of the molecule is O=C(C1CCNCC1)N(C1CC1)[C@@H]1CCSC1. The van der Waals surface area contributed by atoms with Gasteiger partial charge in [0.15, 0.2) is 0 Å². The van der Waals surface area contributed by atoms with Crippen LogP contribution in [0.25, 0.3) is 0 Å². The Bertz CT molecular complexity index is 281. The summed E-state index contributed by atoms with van der Waals surface area (Å²) in [5.74, 6) is 3.20. The van der Waals surface area contributed by atoms with E-state index in [-0.39, 0.29) is 0 Å². The Balaban J connectivity index is 1.66. The largest absolute Gasteiger partial charge is 0.336 e.